The van der Waals surface area contributed by atoms with Crippen LogP contribution in [0.4, 0.5) is 5.69 Å². The lowest BCUT2D eigenvalue weighted by Crippen LogP contribution is -2.27. The van der Waals surface area contributed by atoms with Crippen LogP contribution in [0.15, 0.2) is 57.8 Å². The number of nitrogens with one attached hydrogen (secondary N) is 1. The number of esters is 1. The zero-order valence-corrected chi connectivity index (χ0v) is 18.5. The predicted octanol–water partition coefficient (Wildman–Crippen LogP) is 4.06. The van der Waals surface area contributed by atoms with Gasteiger partial charge in [0.15, 0.2) is 6.61 Å². The molecule has 0 aliphatic heterocycles. The number of benzene rings is 2. The lowest BCUT2D eigenvalue weighted by molar-refractivity contribution is -0.119. The van der Waals surface area contributed by atoms with Gasteiger partial charge in [-0.1, -0.05) is 27.5 Å². The van der Waals surface area contributed by atoms with Crippen molar-refractivity contribution in [1.82, 2.24) is 9.78 Å². The van der Waals surface area contributed by atoms with Gasteiger partial charge in [0.25, 0.3) is 5.91 Å². The Morgan fingerprint density at radius 2 is 1.83 bits per heavy atom. The summed E-state index contributed by atoms with van der Waals surface area (Å²) in [5, 5.41) is 7.28. The van der Waals surface area contributed by atoms with Gasteiger partial charge in [-0.3, -0.25) is 9.59 Å². The minimum absolute atomic E-state index is 0.414. The van der Waals surface area contributed by atoms with Gasteiger partial charge in [-0.15, -0.1) is 0 Å². The van der Waals surface area contributed by atoms with E-state index >= 15 is 0 Å². The molecule has 154 valence electrons. The van der Waals surface area contributed by atoms with Crippen molar-refractivity contribution in [3.05, 3.63) is 85.2 Å². The average Bonchev–Trinajstić information content (AvgIpc) is 2.70. The van der Waals surface area contributed by atoms with E-state index in [1.54, 1.807) is 49.4 Å². The maximum atomic E-state index is 12.4. The zero-order valence-electron chi connectivity index (χ0n) is 16.1. The Labute approximate surface area is 185 Å². The molecule has 0 fully saturated rings. The fourth-order valence-corrected chi connectivity index (χ4v) is 3.02. The summed E-state index contributed by atoms with van der Waals surface area (Å²) in [5.41, 5.74) is 1.65. The molecule has 1 N–H and O–H groups in total. The van der Waals surface area contributed by atoms with Crippen LogP contribution in [0, 0.1) is 13.8 Å². The average molecular weight is 491 g/mol. The molecular weight excluding hydrogens is 474 g/mol. The second kappa shape index (κ2) is 9.23. The highest BCUT2D eigenvalue weighted by Crippen LogP contribution is 2.20. The van der Waals surface area contributed by atoms with Crippen molar-refractivity contribution in [3.63, 3.8) is 0 Å². The maximum absolute atomic E-state index is 12.4. The summed E-state index contributed by atoms with van der Waals surface area (Å²) in [6.07, 6.45) is 0. The van der Waals surface area contributed by atoms with Crippen molar-refractivity contribution in [2.24, 2.45) is 0 Å². The fourth-order valence-electron chi connectivity index (χ4n) is 2.65. The molecule has 30 heavy (non-hydrogen) atoms. The monoisotopic (exact) mass is 489 g/mol. The smallest absolute Gasteiger partial charge is 0.363 e. The number of amides is 1. The number of aryl methyl sites for hydroxylation is 2. The predicted molar refractivity (Wildman–Crippen MR) is 117 cm³/mol. The number of ether oxygens (including phenoxy) is 1. The van der Waals surface area contributed by atoms with E-state index in [1.807, 2.05) is 6.92 Å². The van der Waals surface area contributed by atoms with Crippen LogP contribution in [0.5, 0.6) is 0 Å². The summed E-state index contributed by atoms with van der Waals surface area (Å²) in [4.78, 5) is 36.7. The number of nitrogens with zero attached hydrogens (tertiary/aromatic N) is 2. The Kier molecular flexibility index (Phi) is 6.69. The van der Waals surface area contributed by atoms with Crippen LogP contribution in [-0.4, -0.2) is 28.3 Å². The number of halogens is 2. The summed E-state index contributed by atoms with van der Waals surface area (Å²) >= 11 is 9.28. The third-order valence-corrected chi connectivity index (χ3v) is 5.29. The molecule has 9 heteroatoms. The van der Waals surface area contributed by atoms with Crippen LogP contribution < -0.4 is 10.7 Å². The highest BCUT2D eigenvalue weighted by molar-refractivity contribution is 9.10. The molecule has 2 aromatic carbocycles. The molecule has 3 aromatic rings. The van der Waals surface area contributed by atoms with E-state index in [2.05, 4.69) is 26.3 Å². The van der Waals surface area contributed by atoms with Crippen LogP contribution in [0.3, 0.4) is 0 Å². The number of anilines is 1. The Balaban J connectivity index is 1.72. The van der Waals surface area contributed by atoms with Crippen LogP contribution in [0.1, 0.15) is 21.7 Å². The highest BCUT2D eigenvalue weighted by Gasteiger charge is 2.18. The van der Waals surface area contributed by atoms with Crippen molar-refractivity contribution in [1.29, 1.82) is 0 Å². The SMILES string of the molecule is Cc1cc(NC(=O)COC(=O)c2nn(-c3ccc(Cl)cc3)c(C)cc2=O)ccc1Br. The fraction of sp³-hybridized carbons (Fsp3) is 0.143. The lowest BCUT2D eigenvalue weighted by atomic mass is 10.2. The van der Waals surface area contributed by atoms with Crippen LogP contribution in [-0.2, 0) is 9.53 Å². The van der Waals surface area contributed by atoms with E-state index in [1.165, 1.54) is 10.7 Å². The second-order valence-electron chi connectivity index (χ2n) is 6.48. The largest absolute Gasteiger partial charge is 0.451 e. The van der Waals surface area contributed by atoms with E-state index < -0.39 is 29.6 Å². The number of rotatable bonds is 5. The molecular formula is C21H17BrClN3O4. The maximum Gasteiger partial charge on any atom is 0.363 e. The van der Waals surface area contributed by atoms with Crippen molar-refractivity contribution in [2.45, 2.75) is 13.8 Å². The summed E-state index contributed by atoms with van der Waals surface area (Å²) < 4.78 is 7.33. The zero-order chi connectivity index (χ0) is 21.8. The molecule has 0 saturated heterocycles. The summed E-state index contributed by atoms with van der Waals surface area (Å²) in [7, 11) is 0. The summed E-state index contributed by atoms with van der Waals surface area (Å²) in [6, 6.07) is 13.3. The lowest BCUT2D eigenvalue weighted by Gasteiger charge is -2.11. The number of hydrogen-bond acceptors (Lipinski definition) is 5. The Bertz CT molecular complexity index is 1180. The third-order valence-electron chi connectivity index (χ3n) is 4.15. The highest BCUT2D eigenvalue weighted by atomic mass is 79.9. The quantitative estimate of drug-likeness (QED) is 0.545. The normalized spacial score (nSPS) is 10.5. The van der Waals surface area contributed by atoms with Gasteiger partial charge in [0.1, 0.15) is 0 Å². The standard InChI is InChI=1S/C21H17BrClN3O4/c1-12-9-15(5-8-17(12)22)24-19(28)11-30-21(29)20-18(27)10-13(2)26(25-20)16-6-3-14(23)4-7-16/h3-10H,11H2,1-2H3,(H,24,28). The van der Waals surface area contributed by atoms with Gasteiger partial charge in [0.05, 0.1) is 5.69 Å². The van der Waals surface area contributed by atoms with E-state index in [9.17, 15) is 14.4 Å². The van der Waals surface area contributed by atoms with E-state index in [0.29, 0.717) is 22.1 Å². The molecule has 3 rings (SSSR count). The van der Waals surface area contributed by atoms with Crippen molar-refractivity contribution >= 4 is 45.1 Å². The topological polar surface area (TPSA) is 90.3 Å². The van der Waals surface area contributed by atoms with Gasteiger partial charge >= 0.3 is 5.97 Å². The first-order chi connectivity index (χ1) is 14.2. The van der Waals surface area contributed by atoms with E-state index in [4.69, 9.17) is 16.3 Å². The Hall–Kier alpha value is -2.97. The van der Waals surface area contributed by atoms with Gasteiger partial charge in [0.2, 0.25) is 11.1 Å². The van der Waals surface area contributed by atoms with Crippen LogP contribution in [0.25, 0.3) is 5.69 Å². The molecule has 0 unspecified atom stereocenters. The molecule has 0 aliphatic carbocycles. The summed E-state index contributed by atoms with van der Waals surface area (Å²) in [6.45, 7) is 3.02. The Morgan fingerprint density at radius 1 is 1.13 bits per heavy atom. The van der Waals surface area contributed by atoms with Gasteiger partial charge in [-0.2, -0.15) is 5.10 Å². The van der Waals surface area contributed by atoms with Crippen LogP contribution >= 0.6 is 27.5 Å². The number of aromatic nitrogens is 2. The van der Waals surface area contributed by atoms with Crippen LogP contribution in [0.2, 0.25) is 5.02 Å². The second-order valence-corrected chi connectivity index (χ2v) is 7.77. The van der Waals surface area contributed by atoms with E-state index in [0.717, 1.165) is 10.0 Å². The molecule has 0 aliphatic rings. The van der Waals surface area contributed by atoms with Crippen molar-refractivity contribution < 1.29 is 14.3 Å². The van der Waals surface area contributed by atoms with Gasteiger partial charge < -0.3 is 10.1 Å². The minimum atomic E-state index is -0.982. The molecule has 7 nitrogen and oxygen atoms in total. The number of carbonyl (C=O) groups is 2. The number of hydrogen-bond donors (Lipinski definition) is 1. The molecule has 0 spiro atoms. The summed E-state index contributed by atoms with van der Waals surface area (Å²) in [5.74, 6) is -1.51. The van der Waals surface area contributed by atoms with Gasteiger partial charge in [-0.25, -0.2) is 9.48 Å². The first kappa shape index (κ1) is 21.7. The molecule has 1 amide bonds. The molecule has 1 aromatic heterocycles. The third kappa shape index (κ3) is 5.14. The first-order valence-electron chi connectivity index (χ1n) is 8.84. The van der Waals surface area contributed by atoms with E-state index in [-0.39, 0.29) is 0 Å². The Morgan fingerprint density at radius 3 is 2.50 bits per heavy atom. The van der Waals surface area contributed by atoms with Gasteiger partial charge in [0, 0.05) is 26.9 Å². The van der Waals surface area contributed by atoms with Crippen molar-refractivity contribution in [3.8, 4) is 5.69 Å². The number of carbonyl (C=O) groups excluding carboxylic acids is 2. The molecule has 1 heterocycles. The molecule has 0 saturated carbocycles. The minimum Gasteiger partial charge on any atom is -0.451 e. The molecule has 0 radical (unpaired) electrons. The first-order valence-corrected chi connectivity index (χ1v) is 10.0. The molecule has 0 atom stereocenters. The van der Waals surface area contributed by atoms with Crippen molar-refractivity contribution in [2.75, 3.05) is 11.9 Å². The van der Waals surface area contributed by atoms with Gasteiger partial charge in [-0.05, 0) is 61.9 Å². The molecule has 0 bridgehead atoms.